The van der Waals surface area contributed by atoms with Gasteiger partial charge in [0.2, 0.25) is 5.91 Å². The number of rotatable bonds is 6. The number of carbonyl (C=O) groups is 1. The number of anilines is 1. The van der Waals surface area contributed by atoms with Crippen LogP contribution in [-0.4, -0.2) is 41.4 Å². The molecule has 1 amide bonds. The summed E-state index contributed by atoms with van der Waals surface area (Å²) in [6, 6.07) is 8.97. The number of aromatic nitrogens is 2. The monoisotopic (exact) mass is 419 g/mol. The molecule has 0 bridgehead atoms. The molecule has 146 valence electrons. The molecule has 2 heterocycles. The van der Waals surface area contributed by atoms with Gasteiger partial charge in [0.25, 0.3) is 0 Å². The van der Waals surface area contributed by atoms with Crippen LogP contribution in [0.4, 0.5) is 5.69 Å². The predicted octanol–water partition coefficient (Wildman–Crippen LogP) is 4.12. The Hall–Kier alpha value is -2.58. The Balaban J connectivity index is 1.40. The van der Waals surface area contributed by atoms with E-state index < -0.39 is 0 Å². The molecule has 2 aromatic carbocycles. The summed E-state index contributed by atoms with van der Waals surface area (Å²) < 4.78 is 16.5. The third-order valence-electron chi connectivity index (χ3n) is 3.99. The first-order valence-electron chi connectivity index (χ1n) is 8.76. The molecule has 7 nitrogen and oxygen atoms in total. The second-order valence-corrected chi connectivity index (χ2v) is 7.34. The van der Waals surface area contributed by atoms with Gasteiger partial charge < -0.3 is 24.5 Å². The number of benzene rings is 2. The number of ether oxygens (including phenoxy) is 3. The Morgan fingerprint density at radius 2 is 2.07 bits per heavy atom. The molecule has 0 radical (unpaired) electrons. The molecule has 28 heavy (non-hydrogen) atoms. The van der Waals surface area contributed by atoms with Gasteiger partial charge in [-0.05, 0) is 19.1 Å². The second kappa shape index (κ2) is 8.20. The van der Waals surface area contributed by atoms with Crippen molar-refractivity contribution in [3.05, 3.63) is 35.4 Å². The molecule has 3 aromatic rings. The fraction of sp³-hybridized carbons (Fsp3) is 0.263. The van der Waals surface area contributed by atoms with Gasteiger partial charge in [0, 0.05) is 18.2 Å². The molecule has 9 heteroatoms. The van der Waals surface area contributed by atoms with Crippen LogP contribution in [0.25, 0.3) is 11.0 Å². The number of halogens is 1. The van der Waals surface area contributed by atoms with Crippen LogP contribution in [0.2, 0.25) is 5.02 Å². The summed E-state index contributed by atoms with van der Waals surface area (Å²) in [6.45, 7) is 3.49. The van der Waals surface area contributed by atoms with Crippen molar-refractivity contribution in [2.75, 3.05) is 30.9 Å². The Morgan fingerprint density at radius 3 is 2.86 bits per heavy atom. The van der Waals surface area contributed by atoms with Crippen molar-refractivity contribution in [2.45, 2.75) is 12.1 Å². The van der Waals surface area contributed by atoms with E-state index in [1.54, 1.807) is 12.1 Å². The van der Waals surface area contributed by atoms with E-state index in [2.05, 4.69) is 15.3 Å². The highest BCUT2D eigenvalue weighted by Gasteiger charge is 2.17. The molecular weight excluding hydrogens is 402 g/mol. The summed E-state index contributed by atoms with van der Waals surface area (Å²) in [6.07, 6.45) is 0. The number of thioether (sulfide) groups is 1. The number of nitrogens with zero attached hydrogens (tertiary/aromatic N) is 1. The van der Waals surface area contributed by atoms with E-state index in [0.29, 0.717) is 47.2 Å². The van der Waals surface area contributed by atoms with Crippen molar-refractivity contribution in [2.24, 2.45) is 0 Å². The average molecular weight is 420 g/mol. The van der Waals surface area contributed by atoms with Gasteiger partial charge in [0.1, 0.15) is 19.0 Å². The third kappa shape index (κ3) is 4.13. The Labute approximate surface area is 170 Å². The molecule has 0 atom stereocenters. The zero-order chi connectivity index (χ0) is 19.5. The zero-order valence-electron chi connectivity index (χ0n) is 15.1. The quantitative estimate of drug-likeness (QED) is 0.584. The van der Waals surface area contributed by atoms with Crippen LogP contribution in [0.1, 0.15) is 6.92 Å². The van der Waals surface area contributed by atoms with Crippen LogP contribution in [-0.2, 0) is 4.79 Å². The number of hydrogen-bond donors (Lipinski definition) is 2. The first-order valence-corrected chi connectivity index (χ1v) is 10.1. The van der Waals surface area contributed by atoms with Crippen LogP contribution in [0.3, 0.4) is 0 Å². The number of nitrogens with one attached hydrogen (secondary N) is 2. The Morgan fingerprint density at radius 1 is 1.29 bits per heavy atom. The van der Waals surface area contributed by atoms with E-state index in [-0.39, 0.29) is 11.7 Å². The minimum Gasteiger partial charge on any atom is -0.494 e. The summed E-state index contributed by atoms with van der Waals surface area (Å²) in [7, 11) is 0. The molecule has 1 aromatic heterocycles. The molecule has 0 unspecified atom stereocenters. The first-order chi connectivity index (χ1) is 13.6. The fourth-order valence-electron chi connectivity index (χ4n) is 2.77. The number of carbonyl (C=O) groups excluding carboxylic acids is 1. The maximum Gasteiger partial charge on any atom is 0.234 e. The van der Waals surface area contributed by atoms with Crippen molar-refractivity contribution in [3.8, 4) is 17.2 Å². The molecule has 1 aliphatic rings. The molecule has 0 saturated carbocycles. The fourth-order valence-corrected chi connectivity index (χ4v) is 3.66. The van der Waals surface area contributed by atoms with Gasteiger partial charge in [-0.1, -0.05) is 23.4 Å². The van der Waals surface area contributed by atoms with Gasteiger partial charge in [0.15, 0.2) is 16.7 Å². The van der Waals surface area contributed by atoms with Gasteiger partial charge in [-0.15, -0.1) is 0 Å². The highest BCUT2D eigenvalue weighted by Crippen LogP contribution is 2.38. The lowest BCUT2D eigenvalue weighted by Gasteiger charge is -2.19. The minimum absolute atomic E-state index is 0.183. The number of fused-ring (bicyclic) bond motifs is 2. The summed E-state index contributed by atoms with van der Waals surface area (Å²) in [5, 5.41) is 3.86. The van der Waals surface area contributed by atoms with Crippen LogP contribution >= 0.6 is 23.4 Å². The number of hydrogen-bond acceptors (Lipinski definition) is 6. The van der Waals surface area contributed by atoms with Crippen LogP contribution in [0.15, 0.2) is 35.5 Å². The maximum absolute atomic E-state index is 12.3. The van der Waals surface area contributed by atoms with E-state index in [0.717, 1.165) is 16.8 Å². The smallest absolute Gasteiger partial charge is 0.234 e. The minimum atomic E-state index is -0.195. The van der Waals surface area contributed by atoms with Gasteiger partial charge in [0.05, 0.1) is 34.1 Å². The van der Waals surface area contributed by atoms with E-state index in [4.69, 9.17) is 25.8 Å². The SMILES string of the molecule is CCOc1ccc2nc(SCC(=O)Nc3cc4c(cc3Cl)OCCO4)[nH]c2c1. The van der Waals surface area contributed by atoms with E-state index in [1.807, 2.05) is 25.1 Å². The maximum atomic E-state index is 12.3. The molecule has 0 saturated heterocycles. The van der Waals surface area contributed by atoms with Crippen molar-refractivity contribution < 1.29 is 19.0 Å². The van der Waals surface area contributed by atoms with Gasteiger partial charge in [-0.3, -0.25) is 4.79 Å². The number of aromatic amines is 1. The Bertz CT molecular complexity index is 1020. The molecule has 2 N–H and O–H groups in total. The summed E-state index contributed by atoms with van der Waals surface area (Å²) in [5.41, 5.74) is 2.17. The van der Waals surface area contributed by atoms with Gasteiger partial charge in [-0.2, -0.15) is 0 Å². The lowest BCUT2D eigenvalue weighted by atomic mass is 10.2. The van der Waals surface area contributed by atoms with Crippen LogP contribution in [0, 0.1) is 0 Å². The van der Waals surface area contributed by atoms with Crippen LogP contribution in [0.5, 0.6) is 17.2 Å². The molecule has 4 rings (SSSR count). The van der Waals surface area contributed by atoms with E-state index in [1.165, 1.54) is 11.8 Å². The highest BCUT2D eigenvalue weighted by atomic mass is 35.5. The number of H-pyrrole nitrogens is 1. The molecule has 0 aliphatic carbocycles. The number of imidazole rings is 1. The summed E-state index contributed by atoms with van der Waals surface area (Å²) in [5.74, 6) is 1.92. The lowest BCUT2D eigenvalue weighted by Crippen LogP contribution is -2.17. The van der Waals surface area contributed by atoms with E-state index in [9.17, 15) is 4.79 Å². The third-order valence-corrected chi connectivity index (χ3v) is 5.17. The van der Waals surface area contributed by atoms with Crippen LogP contribution < -0.4 is 19.5 Å². The molecule has 0 spiro atoms. The summed E-state index contributed by atoms with van der Waals surface area (Å²) >= 11 is 7.54. The van der Waals surface area contributed by atoms with Crippen molar-refractivity contribution in [1.29, 1.82) is 0 Å². The lowest BCUT2D eigenvalue weighted by molar-refractivity contribution is -0.113. The van der Waals surface area contributed by atoms with Gasteiger partial charge in [-0.25, -0.2) is 4.98 Å². The second-order valence-electron chi connectivity index (χ2n) is 5.97. The average Bonchev–Trinajstić information content (AvgIpc) is 3.09. The van der Waals surface area contributed by atoms with E-state index >= 15 is 0 Å². The van der Waals surface area contributed by atoms with Crippen molar-refractivity contribution in [3.63, 3.8) is 0 Å². The summed E-state index contributed by atoms with van der Waals surface area (Å²) in [4.78, 5) is 20.0. The number of amides is 1. The highest BCUT2D eigenvalue weighted by molar-refractivity contribution is 7.99. The Kier molecular flexibility index (Phi) is 5.50. The largest absolute Gasteiger partial charge is 0.494 e. The van der Waals surface area contributed by atoms with Crippen molar-refractivity contribution in [1.82, 2.24) is 9.97 Å². The topological polar surface area (TPSA) is 85.5 Å². The van der Waals surface area contributed by atoms with Gasteiger partial charge >= 0.3 is 0 Å². The molecule has 0 fully saturated rings. The normalized spacial score (nSPS) is 12.8. The standard InChI is InChI=1S/C19H18ClN3O4S/c1-2-25-11-3-4-13-15(7-11)23-19(22-13)28-10-18(24)21-14-9-17-16(8-12(14)20)26-5-6-27-17/h3-4,7-9H,2,5-6,10H2,1H3,(H,21,24)(H,22,23). The predicted molar refractivity (Wildman–Crippen MR) is 109 cm³/mol. The zero-order valence-corrected chi connectivity index (χ0v) is 16.7. The first kappa shape index (κ1) is 18.8. The van der Waals surface area contributed by atoms with Crippen molar-refractivity contribution >= 4 is 46.0 Å². The molecular formula is C19H18ClN3O4S. The molecule has 1 aliphatic heterocycles.